The maximum atomic E-state index is 4.62. The highest BCUT2D eigenvalue weighted by Crippen LogP contribution is 2.17. The molecule has 1 aromatic heterocycles. The third-order valence-corrected chi connectivity index (χ3v) is 3.27. The SMILES string of the molecule is CCCNCc1cnc(N(C)CCC(C)C)c(C)c1. The summed E-state index contributed by atoms with van der Waals surface area (Å²) in [6.07, 6.45) is 4.37. The molecule has 0 atom stereocenters. The number of hydrogen-bond acceptors (Lipinski definition) is 3. The van der Waals surface area contributed by atoms with Crippen LogP contribution < -0.4 is 10.2 Å². The highest BCUT2D eigenvalue weighted by Gasteiger charge is 2.07. The minimum absolute atomic E-state index is 0.736. The van der Waals surface area contributed by atoms with Gasteiger partial charge in [0.1, 0.15) is 5.82 Å². The first-order valence-electron chi connectivity index (χ1n) is 7.42. The molecule has 0 bridgehead atoms. The van der Waals surface area contributed by atoms with Crippen molar-refractivity contribution in [2.45, 2.75) is 47.1 Å². The van der Waals surface area contributed by atoms with Gasteiger partial charge in [-0.1, -0.05) is 20.8 Å². The van der Waals surface area contributed by atoms with Crippen LogP contribution in [0.4, 0.5) is 5.82 Å². The van der Waals surface area contributed by atoms with Crippen LogP contribution in [0, 0.1) is 12.8 Å². The summed E-state index contributed by atoms with van der Waals surface area (Å²) in [5, 5.41) is 3.41. The summed E-state index contributed by atoms with van der Waals surface area (Å²) in [6.45, 7) is 11.9. The molecule has 1 N–H and O–H groups in total. The van der Waals surface area contributed by atoms with Gasteiger partial charge < -0.3 is 10.2 Å². The van der Waals surface area contributed by atoms with E-state index in [1.807, 2.05) is 6.20 Å². The van der Waals surface area contributed by atoms with Crippen molar-refractivity contribution in [1.82, 2.24) is 10.3 Å². The molecule has 1 rings (SSSR count). The second-order valence-electron chi connectivity index (χ2n) is 5.76. The topological polar surface area (TPSA) is 28.2 Å². The third kappa shape index (κ3) is 5.60. The third-order valence-electron chi connectivity index (χ3n) is 3.27. The number of anilines is 1. The lowest BCUT2D eigenvalue weighted by Crippen LogP contribution is -2.22. The minimum atomic E-state index is 0.736. The summed E-state index contributed by atoms with van der Waals surface area (Å²) in [6, 6.07) is 2.25. The average Bonchev–Trinajstić information content (AvgIpc) is 2.36. The highest BCUT2D eigenvalue weighted by atomic mass is 15.2. The van der Waals surface area contributed by atoms with Gasteiger partial charge in [-0.2, -0.15) is 0 Å². The lowest BCUT2D eigenvalue weighted by molar-refractivity contribution is 0.583. The molecule has 0 amide bonds. The lowest BCUT2D eigenvalue weighted by Gasteiger charge is -2.21. The van der Waals surface area contributed by atoms with Crippen LogP contribution in [0.5, 0.6) is 0 Å². The highest BCUT2D eigenvalue weighted by molar-refractivity contribution is 5.46. The van der Waals surface area contributed by atoms with Crippen molar-refractivity contribution >= 4 is 5.82 Å². The summed E-state index contributed by atoms with van der Waals surface area (Å²) in [4.78, 5) is 6.88. The Morgan fingerprint density at radius 2 is 2.11 bits per heavy atom. The number of aromatic nitrogens is 1. The Bertz CT molecular complexity index is 374. The van der Waals surface area contributed by atoms with Gasteiger partial charge in [0, 0.05) is 26.3 Å². The van der Waals surface area contributed by atoms with E-state index < -0.39 is 0 Å². The predicted molar refractivity (Wildman–Crippen MR) is 83.7 cm³/mol. The van der Waals surface area contributed by atoms with Gasteiger partial charge in [-0.05, 0) is 49.4 Å². The molecule has 0 aromatic carbocycles. The van der Waals surface area contributed by atoms with Crippen molar-refractivity contribution in [2.75, 3.05) is 25.0 Å². The second kappa shape index (κ2) is 8.16. The molecule has 3 heteroatoms. The van der Waals surface area contributed by atoms with E-state index in [2.05, 4.69) is 56.0 Å². The van der Waals surface area contributed by atoms with E-state index in [-0.39, 0.29) is 0 Å². The van der Waals surface area contributed by atoms with Crippen molar-refractivity contribution < 1.29 is 0 Å². The molecule has 0 radical (unpaired) electrons. The summed E-state index contributed by atoms with van der Waals surface area (Å²) in [5.41, 5.74) is 2.54. The van der Waals surface area contributed by atoms with E-state index in [9.17, 15) is 0 Å². The van der Waals surface area contributed by atoms with Crippen LogP contribution in [-0.2, 0) is 6.54 Å². The molecule has 0 aliphatic carbocycles. The molecule has 3 nitrogen and oxygen atoms in total. The standard InChI is InChI=1S/C16H29N3/c1-6-8-17-11-15-10-14(4)16(18-12-15)19(5)9-7-13(2)3/h10,12-13,17H,6-9,11H2,1-5H3. The number of aryl methyl sites for hydroxylation is 1. The van der Waals surface area contributed by atoms with Crippen LogP contribution in [0.3, 0.4) is 0 Å². The fraction of sp³-hybridized carbons (Fsp3) is 0.688. The van der Waals surface area contributed by atoms with Crippen LogP contribution in [-0.4, -0.2) is 25.1 Å². The number of nitrogens with zero attached hydrogens (tertiary/aromatic N) is 2. The molecule has 0 fully saturated rings. The second-order valence-corrected chi connectivity index (χ2v) is 5.76. The molecule has 19 heavy (non-hydrogen) atoms. The fourth-order valence-electron chi connectivity index (χ4n) is 2.09. The van der Waals surface area contributed by atoms with E-state index in [0.717, 1.165) is 31.4 Å². The van der Waals surface area contributed by atoms with Gasteiger partial charge in [0.25, 0.3) is 0 Å². The van der Waals surface area contributed by atoms with E-state index >= 15 is 0 Å². The normalized spacial score (nSPS) is 11.1. The van der Waals surface area contributed by atoms with Crippen LogP contribution in [0.15, 0.2) is 12.3 Å². The summed E-state index contributed by atoms with van der Waals surface area (Å²) in [7, 11) is 2.13. The molecule has 108 valence electrons. The number of pyridine rings is 1. The van der Waals surface area contributed by atoms with E-state index in [4.69, 9.17) is 0 Å². The van der Waals surface area contributed by atoms with Gasteiger partial charge in [-0.15, -0.1) is 0 Å². The van der Waals surface area contributed by atoms with Gasteiger partial charge in [0.05, 0.1) is 0 Å². The quantitative estimate of drug-likeness (QED) is 0.729. The molecule has 0 saturated heterocycles. The summed E-state index contributed by atoms with van der Waals surface area (Å²) >= 11 is 0. The van der Waals surface area contributed by atoms with Crippen LogP contribution in [0.2, 0.25) is 0 Å². The number of nitrogens with one attached hydrogen (secondary N) is 1. The minimum Gasteiger partial charge on any atom is -0.359 e. The Kier molecular flexibility index (Phi) is 6.85. The van der Waals surface area contributed by atoms with E-state index in [1.54, 1.807) is 0 Å². The van der Waals surface area contributed by atoms with Gasteiger partial charge in [0.15, 0.2) is 0 Å². The first-order chi connectivity index (χ1) is 9.04. The van der Waals surface area contributed by atoms with Gasteiger partial charge in [-0.3, -0.25) is 0 Å². The lowest BCUT2D eigenvalue weighted by atomic mass is 10.1. The van der Waals surface area contributed by atoms with Crippen molar-refractivity contribution in [3.8, 4) is 0 Å². The van der Waals surface area contributed by atoms with E-state index in [0.29, 0.717) is 0 Å². The molecule has 0 aliphatic heterocycles. The number of hydrogen-bond donors (Lipinski definition) is 1. The Morgan fingerprint density at radius 3 is 2.68 bits per heavy atom. The molecule has 1 aromatic rings. The van der Waals surface area contributed by atoms with Crippen molar-refractivity contribution in [3.05, 3.63) is 23.4 Å². The first-order valence-corrected chi connectivity index (χ1v) is 7.42. The molecule has 0 unspecified atom stereocenters. The molecule has 0 spiro atoms. The molecular formula is C16H29N3. The van der Waals surface area contributed by atoms with Gasteiger partial charge >= 0.3 is 0 Å². The van der Waals surface area contributed by atoms with Gasteiger partial charge in [0.2, 0.25) is 0 Å². The summed E-state index contributed by atoms with van der Waals surface area (Å²) in [5.74, 6) is 1.85. The molecule has 1 heterocycles. The van der Waals surface area contributed by atoms with E-state index in [1.165, 1.54) is 24.0 Å². The van der Waals surface area contributed by atoms with Gasteiger partial charge in [-0.25, -0.2) is 4.98 Å². The maximum Gasteiger partial charge on any atom is 0.131 e. The predicted octanol–water partition coefficient (Wildman–Crippen LogP) is 3.37. The fourth-order valence-corrected chi connectivity index (χ4v) is 2.09. The Labute approximate surface area is 118 Å². The largest absolute Gasteiger partial charge is 0.359 e. The zero-order valence-electron chi connectivity index (χ0n) is 13.2. The molecule has 0 aliphatic rings. The number of rotatable bonds is 8. The molecule has 0 saturated carbocycles. The van der Waals surface area contributed by atoms with Crippen LogP contribution in [0.25, 0.3) is 0 Å². The molecular weight excluding hydrogens is 234 g/mol. The Hall–Kier alpha value is -1.09. The zero-order chi connectivity index (χ0) is 14.3. The first kappa shape index (κ1) is 16.0. The van der Waals surface area contributed by atoms with Crippen LogP contribution in [0.1, 0.15) is 44.7 Å². The van der Waals surface area contributed by atoms with Crippen molar-refractivity contribution in [3.63, 3.8) is 0 Å². The van der Waals surface area contributed by atoms with Crippen molar-refractivity contribution in [1.29, 1.82) is 0 Å². The average molecular weight is 263 g/mol. The Balaban J connectivity index is 2.60. The zero-order valence-corrected chi connectivity index (χ0v) is 13.2. The van der Waals surface area contributed by atoms with Crippen LogP contribution >= 0.6 is 0 Å². The smallest absolute Gasteiger partial charge is 0.131 e. The maximum absolute atomic E-state index is 4.62. The Morgan fingerprint density at radius 1 is 1.37 bits per heavy atom. The van der Waals surface area contributed by atoms with Crippen molar-refractivity contribution in [2.24, 2.45) is 5.92 Å². The monoisotopic (exact) mass is 263 g/mol. The summed E-state index contributed by atoms with van der Waals surface area (Å²) < 4.78 is 0.